The molecule has 110 valence electrons. The predicted octanol–water partition coefficient (Wildman–Crippen LogP) is 4.33. The second kappa shape index (κ2) is 6.93. The smallest absolute Gasteiger partial charge is 0.303 e. The van der Waals surface area contributed by atoms with Crippen LogP contribution in [0.1, 0.15) is 31.2 Å². The fourth-order valence-electron chi connectivity index (χ4n) is 2.44. The number of carboxylic acid groups (broad SMARTS) is 1. The van der Waals surface area contributed by atoms with Crippen LogP contribution in [-0.4, -0.2) is 18.2 Å². The van der Waals surface area contributed by atoms with Crippen LogP contribution in [0.5, 0.6) is 5.75 Å². The van der Waals surface area contributed by atoms with Crippen molar-refractivity contribution in [3.8, 4) is 16.9 Å². The van der Waals surface area contributed by atoms with Gasteiger partial charge in [-0.1, -0.05) is 43.3 Å². The van der Waals surface area contributed by atoms with E-state index in [0.717, 1.165) is 28.9 Å². The third-order valence-electron chi connectivity index (χ3n) is 3.72. The van der Waals surface area contributed by atoms with Crippen LogP contribution < -0.4 is 4.74 Å². The highest BCUT2D eigenvalue weighted by atomic mass is 16.5. The van der Waals surface area contributed by atoms with Gasteiger partial charge in [0, 0.05) is 0 Å². The molecule has 3 nitrogen and oxygen atoms in total. The molecule has 3 heteroatoms. The fourth-order valence-corrected chi connectivity index (χ4v) is 2.44. The monoisotopic (exact) mass is 284 g/mol. The van der Waals surface area contributed by atoms with Crippen LogP contribution in [-0.2, 0) is 4.79 Å². The van der Waals surface area contributed by atoms with Crippen LogP contribution >= 0.6 is 0 Å². The summed E-state index contributed by atoms with van der Waals surface area (Å²) in [5.41, 5.74) is 3.32. The van der Waals surface area contributed by atoms with Crippen LogP contribution in [0.25, 0.3) is 11.1 Å². The zero-order valence-electron chi connectivity index (χ0n) is 12.4. The molecule has 0 saturated carbocycles. The van der Waals surface area contributed by atoms with E-state index >= 15 is 0 Å². The molecule has 2 aromatic rings. The Bertz CT molecular complexity index is 585. The molecule has 0 saturated heterocycles. The summed E-state index contributed by atoms with van der Waals surface area (Å²) in [6.45, 7) is 2.02. The van der Waals surface area contributed by atoms with Crippen LogP contribution in [0.15, 0.2) is 48.5 Å². The molecule has 0 aromatic heterocycles. The van der Waals surface area contributed by atoms with Crippen molar-refractivity contribution in [3.05, 3.63) is 54.1 Å². The highest BCUT2D eigenvalue weighted by molar-refractivity contribution is 5.68. The van der Waals surface area contributed by atoms with Gasteiger partial charge in [-0.2, -0.15) is 0 Å². The molecule has 0 aliphatic heterocycles. The van der Waals surface area contributed by atoms with E-state index in [1.165, 1.54) is 0 Å². The largest absolute Gasteiger partial charge is 0.497 e. The third kappa shape index (κ3) is 3.85. The molecular weight excluding hydrogens is 264 g/mol. The molecule has 1 atom stereocenters. The zero-order chi connectivity index (χ0) is 15.2. The van der Waals surface area contributed by atoms with Crippen molar-refractivity contribution in [3.63, 3.8) is 0 Å². The van der Waals surface area contributed by atoms with Crippen molar-refractivity contribution in [1.29, 1.82) is 0 Å². The first-order chi connectivity index (χ1) is 10.1. The van der Waals surface area contributed by atoms with Gasteiger partial charge < -0.3 is 9.84 Å². The molecule has 2 rings (SSSR count). The van der Waals surface area contributed by atoms with Gasteiger partial charge in [0.25, 0.3) is 0 Å². The van der Waals surface area contributed by atoms with Gasteiger partial charge in [0.1, 0.15) is 5.75 Å². The Morgan fingerprint density at radius 2 is 1.57 bits per heavy atom. The minimum atomic E-state index is -0.749. The van der Waals surface area contributed by atoms with Crippen molar-refractivity contribution >= 4 is 5.97 Å². The second-order valence-electron chi connectivity index (χ2n) is 5.05. The molecule has 0 heterocycles. The Kier molecular flexibility index (Phi) is 4.99. The molecular formula is C18H20O3. The number of hydrogen-bond donors (Lipinski definition) is 1. The molecule has 0 spiro atoms. The molecule has 0 radical (unpaired) electrons. The highest BCUT2D eigenvalue weighted by Gasteiger charge is 2.13. The molecule has 0 fully saturated rings. The summed E-state index contributed by atoms with van der Waals surface area (Å²) in [5.74, 6) is 0.163. The molecule has 2 aromatic carbocycles. The van der Waals surface area contributed by atoms with Crippen molar-refractivity contribution in [2.24, 2.45) is 0 Å². The van der Waals surface area contributed by atoms with Crippen LogP contribution in [0.2, 0.25) is 0 Å². The van der Waals surface area contributed by atoms with Crippen LogP contribution in [0.4, 0.5) is 0 Å². The van der Waals surface area contributed by atoms with E-state index in [0.29, 0.717) is 0 Å². The number of methoxy groups -OCH3 is 1. The molecule has 0 aliphatic rings. The molecule has 1 unspecified atom stereocenters. The van der Waals surface area contributed by atoms with Crippen LogP contribution in [0, 0.1) is 0 Å². The average molecular weight is 284 g/mol. The lowest BCUT2D eigenvalue weighted by atomic mass is 9.92. The van der Waals surface area contributed by atoms with E-state index in [9.17, 15) is 4.79 Å². The number of rotatable bonds is 6. The molecule has 1 N–H and O–H groups in total. The first-order valence-electron chi connectivity index (χ1n) is 7.10. The average Bonchev–Trinajstić information content (AvgIpc) is 2.53. The summed E-state index contributed by atoms with van der Waals surface area (Å²) in [6, 6.07) is 16.0. The first-order valence-corrected chi connectivity index (χ1v) is 7.10. The van der Waals surface area contributed by atoms with Crippen LogP contribution in [0.3, 0.4) is 0 Å². The minimum Gasteiger partial charge on any atom is -0.497 e. The number of carboxylic acids is 1. The van der Waals surface area contributed by atoms with Crippen molar-refractivity contribution in [2.75, 3.05) is 7.11 Å². The van der Waals surface area contributed by atoms with E-state index in [1.807, 2.05) is 55.5 Å². The van der Waals surface area contributed by atoms with Crippen molar-refractivity contribution in [1.82, 2.24) is 0 Å². The molecule has 0 bridgehead atoms. The first kappa shape index (κ1) is 15.1. The molecule has 0 aliphatic carbocycles. The topological polar surface area (TPSA) is 46.5 Å². The van der Waals surface area contributed by atoms with Gasteiger partial charge in [0.2, 0.25) is 0 Å². The Hall–Kier alpha value is -2.29. The minimum absolute atomic E-state index is 0.0763. The lowest BCUT2D eigenvalue weighted by Crippen LogP contribution is -2.05. The Labute approximate surface area is 125 Å². The van der Waals surface area contributed by atoms with Gasteiger partial charge in [-0.05, 0) is 41.2 Å². The summed E-state index contributed by atoms with van der Waals surface area (Å²) in [5, 5.41) is 8.95. The standard InChI is InChI=1S/C18H20O3/c1-3-13(12-18(19)20)14-4-6-15(7-5-14)16-8-10-17(21-2)11-9-16/h4-11,13H,3,12H2,1-2H3,(H,19,20). The second-order valence-corrected chi connectivity index (χ2v) is 5.05. The Morgan fingerprint density at radius 1 is 1.05 bits per heavy atom. The maximum absolute atomic E-state index is 10.9. The lowest BCUT2D eigenvalue weighted by molar-refractivity contribution is -0.137. The SMILES string of the molecule is CCC(CC(=O)O)c1ccc(-c2ccc(OC)cc2)cc1. The summed E-state index contributed by atoms with van der Waals surface area (Å²) in [4.78, 5) is 10.9. The van der Waals surface area contributed by atoms with Gasteiger partial charge >= 0.3 is 5.97 Å². The maximum atomic E-state index is 10.9. The van der Waals surface area contributed by atoms with E-state index in [-0.39, 0.29) is 12.3 Å². The summed E-state index contributed by atoms with van der Waals surface area (Å²) in [7, 11) is 1.65. The Balaban J connectivity index is 2.18. The molecule has 0 amide bonds. The fraction of sp³-hybridized carbons (Fsp3) is 0.278. The normalized spacial score (nSPS) is 11.9. The quantitative estimate of drug-likeness (QED) is 0.858. The van der Waals surface area contributed by atoms with Crippen molar-refractivity contribution in [2.45, 2.75) is 25.7 Å². The lowest BCUT2D eigenvalue weighted by Gasteiger charge is -2.13. The zero-order valence-corrected chi connectivity index (χ0v) is 12.4. The number of hydrogen-bond acceptors (Lipinski definition) is 2. The van der Waals surface area contributed by atoms with Gasteiger partial charge in [-0.15, -0.1) is 0 Å². The van der Waals surface area contributed by atoms with Gasteiger partial charge in [-0.3, -0.25) is 4.79 Å². The van der Waals surface area contributed by atoms with E-state index in [4.69, 9.17) is 9.84 Å². The number of ether oxygens (including phenoxy) is 1. The van der Waals surface area contributed by atoms with Gasteiger partial charge in [0.05, 0.1) is 13.5 Å². The van der Waals surface area contributed by atoms with Crippen molar-refractivity contribution < 1.29 is 14.6 Å². The summed E-state index contributed by atoms with van der Waals surface area (Å²) >= 11 is 0. The number of aliphatic carboxylic acids is 1. The number of benzene rings is 2. The van der Waals surface area contributed by atoms with E-state index < -0.39 is 5.97 Å². The van der Waals surface area contributed by atoms with Gasteiger partial charge in [0.15, 0.2) is 0 Å². The van der Waals surface area contributed by atoms with Gasteiger partial charge in [-0.25, -0.2) is 0 Å². The Morgan fingerprint density at radius 3 is 2.00 bits per heavy atom. The predicted molar refractivity (Wildman–Crippen MR) is 83.7 cm³/mol. The highest BCUT2D eigenvalue weighted by Crippen LogP contribution is 2.27. The molecule has 21 heavy (non-hydrogen) atoms. The number of carbonyl (C=O) groups is 1. The summed E-state index contributed by atoms with van der Waals surface area (Å²) in [6.07, 6.45) is 1.01. The van der Waals surface area contributed by atoms with E-state index in [2.05, 4.69) is 0 Å². The van der Waals surface area contributed by atoms with E-state index in [1.54, 1.807) is 7.11 Å². The summed E-state index contributed by atoms with van der Waals surface area (Å²) < 4.78 is 5.15. The maximum Gasteiger partial charge on any atom is 0.303 e. The third-order valence-corrected chi connectivity index (χ3v) is 3.72.